The van der Waals surface area contributed by atoms with Gasteiger partial charge in [0.2, 0.25) is 0 Å². The standard InChI is InChI=1S/C18H20N2O2S/c1-13(20-10-4-5-11-20)12-17(22)19-18-9-8-16(23-18)14-6-2-3-7-15(14)21/h2-3,6-9,12,21H,4-5,10-11H2,1H3,(H,19,22). The molecule has 5 heteroatoms. The highest BCUT2D eigenvalue weighted by atomic mass is 32.1. The van der Waals surface area contributed by atoms with E-state index < -0.39 is 0 Å². The summed E-state index contributed by atoms with van der Waals surface area (Å²) in [6, 6.07) is 11.0. The van der Waals surface area contributed by atoms with Crippen LogP contribution >= 0.6 is 11.3 Å². The molecule has 1 aliphatic heterocycles. The lowest BCUT2D eigenvalue weighted by atomic mass is 10.2. The minimum absolute atomic E-state index is 0.111. The summed E-state index contributed by atoms with van der Waals surface area (Å²) in [5, 5.41) is 13.6. The third kappa shape index (κ3) is 3.74. The van der Waals surface area contributed by atoms with Crippen LogP contribution in [0.5, 0.6) is 5.75 Å². The predicted molar refractivity (Wildman–Crippen MR) is 94.6 cm³/mol. The van der Waals surface area contributed by atoms with E-state index in [2.05, 4.69) is 10.2 Å². The maximum Gasteiger partial charge on any atom is 0.250 e. The van der Waals surface area contributed by atoms with Crippen LogP contribution in [0.2, 0.25) is 0 Å². The highest BCUT2D eigenvalue weighted by Crippen LogP contribution is 2.36. The second-order valence-electron chi connectivity index (χ2n) is 5.65. The maximum absolute atomic E-state index is 12.1. The average Bonchev–Trinajstić information content (AvgIpc) is 3.19. The number of hydrogen-bond donors (Lipinski definition) is 2. The molecule has 0 saturated carbocycles. The van der Waals surface area contributed by atoms with Gasteiger partial charge in [0, 0.05) is 35.3 Å². The molecule has 0 radical (unpaired) electrons. The number of carbonyl (C=O) groups excluding carboxylic acids is 1. The number of rotatable bonds is 4. The summed E-state index contributed by atoms with van der Waals surface area (Å²) in [5.74, 6) is 0.136. The molecule has 2 heterocycles. The number of thiophene rings is 1. The number of anilines is 1. The molecular formula is C18H20N2O2S. The monoisotopic (exact) mass is 328 g/mol. The Labute approximate surface area is 140 Å². The summed E-state index contributed by atoms with van der Waals surface area (Å²) < 4.78 is 0. The van der Waals surface area contributed by atoms with Crippen LogP contribution in [0.1, 0.15) is 19.8 Å². The van der Waals surface area contributed by atoms with Crippen molar-refractivity contribution in [3.8, 4) is 16.2 Å². The Balaban J connectivity index is 1.68. The molecule has 1 fully saturated rings. The zero-order valence-electron chi connectivity index (χ0n) is 13.1. The van der Waals surface area contributed by atoms with Gasteiger partial charge in [0.25, 0.3) is 5.91 Å². The zero-order chi connectivity index (χ0) is 16.2. The number of likely N-dealkylation sites (tertiary alicyclic amines) is 1. The quantitative estimate of drug-likeness (QED) is 0.832. The molecule has 2 aromatic rings. The molecule has 1 aromatic heterocycles. The van der Waals surface area contributed by atoms with Crippen LogP contribution in [0.15, 0.2) is 48.2 Å². The van der Waals surface area contributed by atoms with Gasteiger partial charge in [-0.15, -0.1) is 11.3 Å². The smallest absolute Gasteiger partial charge is 0.250 e. The van der Waals surface area contributed by atoms with E-state index in [1.165, 1.54) is 24.2 Å². The molecule has 1 saturated heterocycles. The van der Waals surface area contributed by atoms with Crippen LogP contribution in [0.3, 0.4) is 0 Å². The van der Waals surface area contributed by atoms with Gasteiger partial charge in [0.1, 0.15) is 5.75 Å². The van der Waals surface area contributed by atoms with Crippen LogP contribution in [0.4, 0.5) is 5.00 Å². The Morgan fingerprint density at radius 2 is 1.96 bits per heavy atom. The number of amides is 1. The van der Waals surface area contributed by atoms with Crippen molar-refractivity contribution in [2.45, 2.75) is 19.8 Å². The van der Waals surface area contributed by atoms with Gasteiger partial charge in [-0.3, -0.25) is 4.79 Å². The van der Waals surface area contributed by atoms with Crippen LogP contribution in [0, 0.1) is 0 Å². The van der Waals surface area contributed by atoms with E-state index in [0.717, 1.165) is 34.2 Å². The molecule has 1 aliphatic rings. The number of allylic oxidation sites excluding steroid dienone is 1. The Bertz CT molecular complexity index is 730. The molecule has 4 nitrogen and oxygen atoms in total. The van der Waals surface area contributed by atoms with Crippen LogP contribution in [-0.4, -0.2) is 29.0 Å². The fourth-order valence-corrected chi connectivity index (χ4v) is 3.68. The van der Waals surface area contributed by atoms with E-state index in [1.807, 2.05) is 31.2 Å². The van der Waals surface area contributed by atoms with Crippen molar-refractivity contribution in [3.05, 3.63) is 48.2 Å². The first-order valence-electron chi connectivity index (χ1n) is 7.76. The number of phenolic OH excluding ortho intramolecular Hbond substituents is 1. The third-order valence-electron chi connectivity index (χ3n) is 3.97. The molecule has 0 atom stereocenters. The molecule has 3 rings (SSSR count). The Morgan fingerprint density at radius 3 is 2.70 bits per heavy atom. The highest BCUT2D eigenvalue weighted by Gasteiger charge is 2.13. The van der Waals surface area contributed by atoms with E-state index in [4.69, 9.17) is 0 Å². The fraction of sp³-hybridized carbons (Fsp3) is 0.278. The van der Waals surface area contributed by atoms with Crippen molar-refractivity contribution in [1.29, 1.82) is 0 Å². The summed E-state index contributed by atoms with van der Waals surface area (Å²) in [5.41, 5.74) is 1.79. The lowest BCUT2D eigenvalue weighted by Gasteiger charge is -2.17. The molecule has 0 aliphatic carbocycles. The number of carbonyl (C=O) groups is 1. The lowest BCUT2D eigenvalue weighted by molar-refractivity contribution is -0.112. The van der Waals surface area contributed by atoms with Crippen molar-refractivity contribution in [2.75, 3.05) is 18.4 Å². The number of phenols is 1. The number of nitrogens with one attached hydrogen (secondary N) is 1. The van der Waals surface area contributed by atoms with Gasteiger partial charge in [0.15, 0.2) is 0 Å². The molecule has 0 spiro atoms. The van der Waals surface area contributed by atoms with E-state index in [9.17, 15) is 9.90 Å². The average molecular weight is 328 g/mol. The topological polar surface area (TPSA) is 52.6 Å². The van der Waals surface area contributed by atoms with Crippen molar-refractivity contribution in [1.82, 2.24) is 4.90 Å². The first-order chi connectivity index (χ1) is 11.1. The van der Waals surface area contributed by atoms with Crippen molar-refractivity contribution < 1.29 is 9.90 Å². The lowest BCUT2D eigenvalue weighted by Crippen LogP contribution is -2.19. The normalized spacial score (nSPS) is 15.0. The van der Waals surface area contributed by atoms with Crippen LogP contribution in [0.25, 0.3) is 10.4 Å². The molecule has 2 N–H and O–H groups in total. The highest BCUT2D eigenvalue weighted by molar-refractivity contribution is 7.19. The Morgan fingerprint density at radius 1 is 1.22 bits per heavy atom. The summed E-state index contributed by atoms with van der Waals surface area (Å²) in [6.45, 7) is 4.05. The molecule has 0 unspecified atom stereocenters. The van der Waals surface area contributed by atoms with Gasteiger partial charge in [-0.1, -0.05) is 12.1 Å². The maximum atomic E-state index is 12.1. The van der Waals surface area contributed by atoms with E-state index >= 15 is 0 Å². The van der Waals surface area contributed by atoms with E-state index in [-0.39, 0.29) is 11.7 Å². The van der Waals surface area contributed by atoms with E-state index in [1.54, 1.807) is 18.2 Å². The minimum Gasteiger partial charge on any atom is -0.507 e. The minimum atomic E-state index is -0.111. The van der Waals surface area contributed by atoms with Crippen LogP contribution < -0.4 is 5.32 Å². The van der Waals surface area contributed by atoms with Gasteiger partial charge in [-0.25, -0.2) is 0 Å². The third-order valence-corrected chi connectivity index (χ3v) is 5.00. The molecule has 1 amide bonds. The van der Waals surface area contributed by atoms with E-state index in [0.29, 0.717) is 0 Å². The van der Waals surface area contributed by atoms with Gasteiger partial charge in [-0.05, 0) is 44.0 Å². The van der Waals surface area contributed by atoms with Crippen LogP contribution in [-0.2, 0) is 4.79 Å². The van der Waals surface area contributed by atoms with Gasteiger partial charge >= 0.3 is 0 Å². The first-order valence-corrected chi connectivity index (χ1v) is 8.57. The SMILES string of the molecule is CC(=CC(=O)Nc1ccc(-c2ccccc2O)s1)N1CCCC1. The Hall–Kier alpha value is -2.27. The molecule has 23 heavy (non-hydrogen) atoms. The van der Waals surface area contributed by atoms with Crippen molar-refractivity contribution >= 4 is 22.2 Å². The number of benzene rings is 1. The van der Waals surface area contributed by atoms with Crippen molar-refractivity contribution in [2.24, 2.45) is 0 Å². The summed E-state index contributed by atoms with van der Waals surface area (Å²) in [6.07, 6.45) is 4.05. The first kappa shape index (κ1) is 15.6. The Kier molecular flexibility index (Phi) is 4.67. The fourth-order valence-electron chi connectivity index (χ4n) is 2.74. The molecule has 0 bridgehead atoms. The van der Waals surface area contributed by atoms with Gasteiger partial charge < -0.3 is 15.3 Å². The summed E-state index contributed by atoms with van der Waals surface area (Å²) in [7, 11) is 0. The zero-order valence-corrected chi connectivity index (χ0v) is 13.9. The van der Waals surface area contributed by atoms with Gasteiger partial charge in [-0.2, -0.15) is 0 Å². The predicted octanol–water partition coefficient (Wildman–Crippen LogP) is 4.06. The van der Waals surface area contributed by atoms with Gasteiger partial charge in [0.05, 0.1) is 5.00 Å². The number of hydrogen-bond acceptors (Lipinski definition) is 4. The number of aromatic hydroxyl groups is 1. The van der Waals surface area contributed by atoms with Crippen molar-refractivity contribution in [3.63, 3.8) is 0 Å². The summed E-state index contributed by atoms with van der Waals surface area (Å²) >= 11 is 1.45. The second kappa shape index (κ2) is 6.87. The molecular weight excluding hydrogens is 308 g/mol. The number of nitrogens with zero attached hydrogens (tertiary/aromatic N) is 1. The second-order valence-corrected chi connectivity index (χ2v) is 6.73. The molecule has 1 aromatic carbocycles. The summed E-state index contributed by atoms with van der Waals surface area (Å²) in [4.78, 5) is 15.3. The number of para-hydroxylation sites is 1. The molecule has 120 valence electrons. The largest absolute Gasteiger partial charge is 0.507 e.